The summed E-state index contributed by atoms with van der Waals surface area (Å²) in [5, 5.41) is 9.20. The molecule has 3 heterocycles. The average Bonchev–Trinajstić information content (AvgIpc) is 3.48. The lowest BCUT2D eigenvalue weighted by Crippen LogP contribution is -2.56. The van der Waals surface area contributed by atoms with Gasteiger partial charge in [-0.15, -0.1) is 10.2 Å². The zero-order valence-corrected chi connectivity index (χ0v) is 24.9. The number of anilines is 1. The van der Waals surface area contributed by atoms with Crippen LogP contribution in [0.1, 0.15) is 23.4 Å². The maximum Gasteiger partial charge on any atom is 0.314 e. The molecule has 3 aromatic rings. The van der Waals surface area contributed by atoms with E-state index in [4.69, 9.17) is 9.15 Å². The van der Waals surface area contributed by atoms with Crippen molar-refractivity contribution in [2.45, 2.75) is 25.6 Å². The molecule has 238 valence electrons. The lowest BCUT2D eigenvalue weighted by molar-refractivity contribution is -0.109. The molecule has 0 aliphatic carbocycles. The molecule has 0 bridgehead atoms. The van der Waals surface area contributed by atoms with Crippen LogP contribution in [0, 0.1) is 5.82 Å². The van der Waals surface area contributed by atoms with Crippen molar-refractivity contribution < 1.29 is 35.5 Å². The second-order valence-corrected chi connectivity index (χ2v) is 13.2. The Kier molecular flexibility index (Phi) is 10.5. The van der Waals surface area contributed by atoms with Gasteiger partial charge in [-0.3, -0.25) is 14.6 Å². The molecule has 1 aromatic heterocycles. The van der Waals surface area contributed by atoms with Gasteiger partial charge in [-0.25, -0.2) is 12.8 Å². The van der Waals surface area contributed by atoms with Crippen molar-refractivity contribution >= 4 is 21.9 Å². The molecule has 2 aliphatic heterocycles. The van der Waals surface area contributed by atoms with Crippen LogP contribution < -0.4 is 10.2 Å². The molecule has 2 aliphatic rings. The number of hydrogen-bond donors (Lipinski definition) is 1. The van der Waals surface area contributed by atoms with Gasteiger partial charge in [0, 0.05) is 69.2 Å². The summed E-state index contributed by atoms with van der Waals surface area (Å²) in [7, 11) is -3.51. The second kappa shape index (κ2) is 14.5. The SMILES string of the molecule is O=CNCCS(=O)(=O)CCN(Cc1ccc(-c2nnc(C(F)F)o2)cc1F)c1ccc(CN2CCN(C3COC3)CC2)cc1. The summed E-state index contributed by atoms with van der Waals surface area (Å²) in [6.07, 6.45) is -2.50. The number of carbonyl (C=O) groups excluding carboxylic acids is 1. The van der Waals surface area contributed by atoms with Gasteiger partial charge in [0.05, 0.1) is 30.8 Å². The molecule has 15 heteroatoms. The molecule has 1 amide bonds. The maximum absolute atomic E-state index is 15.2. The highest BCUT2D eigenvalue weighted by molar-refractivity contribution is 7.91. The molecule has 0 unspecified atom stereocenters. The van der Waals surface area contributed by atoms with Crippen molar-refractivity contribution in [1.29, 1.82) is 0 Å². The van der Waals surface area contributed by atoms with Crippen LogP contribution in [0.3, 0.4) is 0 Å². The van der Waals surface area contributed by atoms with E-state index < -0.39 is 28.0 Å². The lowest BCUT2D eigenvalue weighted by Gasteiger charge is -2.42. The van der Waals surface area contributed by atoms with E-state index in [2.05, 4.69) is 25.3 Å². The number of rotatable bonds is 15. The highest BCUT2D eigenvalue weighted by Crippen LogP contribution is 2.27. The van der Waals surface area contributed by atoms with Crippen LogP contribution in [-0.4, -0.2) is 105 Å². The molecule has 0 saturated carbocycles. The van der Waals surface area contributed by atoms with Gasteiger partial charge in [0.25, 0.3) is 5.89 Å². The van der Waals surface area contributed by atoms with E-state index in [0.29, 0.717) is 18.1 Å². The minimum absolute atomic E-state index is 0.00224. The summed E-state index contributed by atoms with van der Waals surface area (Å²) in [5.74, 6) is -2.13. The van der Waals surface area contributed by atoms with Crippen molar-refractivity contribution in [2.24, 2.45) is 0 Å². The van der Waals surface area contributed by atoms with Gasteiger partial charge in [0.15, 0.2) is 9.84 Å². The van der Waals surface area contributed by atoms with Gasteiger partial charge in [-0.1, -0.05) is 18.2 Å². The minimum atomic E-state index is -3.51. The van der Waals surface area contributed by atoms with Gasteiger partial charge in [-0.2, -0.15) is 8.78 Å². The van der Waals surface area contributed by atoms with E-state index in [-0.39, 0.29) is 48.2 Å². The Morgan fingerprint density at radius 1 is 1.05 bits per heavy atom. The molecule has 2 fully saturated rings. The Labute approximate surface area is 253 Å². The third kappa shape index (κ3) is 8.34. The predicted octanol–water partition coefficient (Wildman–Crippen LogP) is 2.50. The van der Waals surface area contributed by atoms with Crippen LogP contribution >= 0.6 is 0 Å². The van der Waals surface area contributed by atoms with E-state index in [1.165, 1.54) is 12.1 Å². The molecule has 5 rings (SSSR count). The number of benzene rings is 2. The van der Waals surface area contributed by atoms with Crippen LogP contribution in [0.15, 0.2) is 46.9 Å². The molecule has 1 N–H and O–H groups in total. The van der Waals surface area contributed by atoms with Crippen molar-refractivity contribution in [1.82, 2.24) is 25.3 Å². The Balaban J connectivity index is 1.27. The van der Waals surface area contributed by atoms with Crippen LogP contribution in [-0.2, 0) is 32.5 Å². The van der Waals surface area contributed by atoms with Crippen LogP contribution in [0.4, 0.5) is 18.9 Å². The molecule has 44 heavy (non-hydrogen) atoms. The first-order chi connectivity index (χ1) is 21.2. The number of amides is 1. The number of nitrogens with zero attached hydrogens (tertiary/aromatic N) is 5. The molecule has 0 spiro atoms. The van der Waals surface area contributed by atoms with E-state index in [1.54, 1.807) is 4.90 Å². The van der Waals surface area contributed by atoms with Gasteiger partial charge < -0.3 is 19.4 Å². The molecule has 2 aromatic carbocycles. The second-order valence-electron chi connectivity index (χ2n) is 10.9. The summed E-state index contributed by atoms with van der Waals surface area (Å²) in [4.78, 5) is 17.2. The van der Waals surface area contributed by atoms with Crippen molar-refractivity contribution in [3.8, 4) is 11.5 Å². The van der Waals surface area contributed by atoms with E-state index >= 15 is 4.39 Å². The number of piperazine rings is 1. The number of nitrogens with one attached hydrogen (secondary N) is 1. The highest BCUT2D eigenvalue weighted by atomic mass is 32.2. The third-order valence-electron chi connectivity index (χ3n) is 7.85. The molecule has 0 atom stereocenters. The largest absolute Gasteiger partial charge is 0.415 e. The molecule has 0 radical (unpaired) electrons. The number of alkyl halides is 2. The first-order valence-electron chi connectivity index (χ1n) is 14.4. The van der Waals surface area contributed by atoms with E-state index in [9.17, 15) is 22.0 Å². The maximum atomic E-state index is 15.2. The van der Waals surface area contributed by atoms with Crippen LogP contribution in [0.25, 0.3) is 11.5 Å². The Hall–Kier alpha value is -3.53. The molecular weight excluding hydrogens is 601 g/mol. The first-order valence-corrected chi connectivity index (χ1v) is 16.2. The van der Waals surface area contributed by atoms with Gasteiger partial charge in [-0.05, 0) is 29.8 Å². The molecular formula is C29H35F3N6O5S. The topological polar surface area (TPSA) is 121 Å². The van der Waals surface area contributed by atoms with Gasteiger partial charge in [0.2, 0.25) is 12.3 Å². The zero-order chi connectivity index (χ0) is 31.1. The standard InChI is InChI=1S/C29H35F3N6O5S/c30-26-15-22(28-34-35-29(43-28)27(31)32)3-4-23(26)17-38(12-14-44(40,41)13-7-33-20-39)24-5-1-21(2-6-24)16-36-8-10-37(11-9-36)25-18-42-19-25/h1-6,15,20,25,27H,7-14,16-19H2,(H,33,39). The predicted molar refractivity (Wildman–Crippen MR) is 156 cm³/mol. The fourth-order valence-electron chi connectivity index (χ4n) is 5.17. The fraction of sp³-hybridized carbons (Fsp3) is 0.483. The monoisotopic (exact) mass is 636 g/mol. The summed E-state index contributed by atoms with van der Waals surface area (Å²) in [5.41, 5.74) is 2.24. The Morgan fingerprint density at radius 3 is 2.41 bits per heavy atom. The number of ether oxygens (including phenoxy) is 1. The van der Waals surface area contributed by atoms with Crippen LogP contribution in [0.2, 0.25) is 0 Å². The minimum Gasteiger partial charge on any atom is -0.415 e. The number of hydrogen-bond acceptors (Lipinski definition) is 10. The van der Waals surface area contributed by atoms with E-state index in [1.807, 2.05) is 24.3 Å². The average molecular weight is 637 g/mol. The quantitative estimate of drug-likeness (QED) is 0.197. The first kappa shape index (κ1) is 31.9. The molecule has 2 saturated heterocycles. The number of carbonyl (C=O) groups is 1. The summed E-state index contributed by atoms with van der Waals surface area (Å²) >= 11 is 0. The zero-order valence-electron chi connectivity index (χ0n) is 24.1. The summed E-state index contributed by atoms with van der Waals surface area (Å²) in [6.45, 7) is 6.46. The van der Waals surface area contributed by atoms with E-state index in [0.717, 1.165) is 57.6 Å². The smallest absolute Gasteiger partial charge is 0.314 e. The van der Waals surface area contributed by atoms with Gasteiger partial charge in [0.1, 0.15) is 5.82 Å². The Morgan fingerprint density at radius 2 is 1.80 bits per heavy atom. The molecule has 11 nitrogen and oxygen atoms in total. The number of aromatic nitrogens is 2. The van der Waals surface area contributed by atoms with Crippen molar-refractivity contribution in [3.05, 3.63) is 65.3 Å². The third-order valence-corrected chi connectivity index (χ3v) is 9.48. The summed E-state index contributed by atoms with van der Waals surface area (Å²) in [6, 6.07) is 12.4. The fourth-order valence-corrected chi connectivity index (χ4v) is 6.30. The van der Waals surface area contributed by atoms with Crippen LogP contribution in [0.5, 0.6) is 0 Å². The normalized spacial score (nSPS) is 16.6. The van der Waals surface area contributed by atoms with Gasteiger partial charge >= 0.3 is 6.43 Å². The number of halogens is 3. The lowest BCUT2D eigenvalue weighted by atomic mass is 10.1. The van der Waals surface area contributed by atoms with Crippen molar-refractivity contribution in [2.75, 3.05) is 68.9 Å². The van der Waals surface area contributed by atoms with Crippen molar-refractivity contribution in [3.63, 3.8) is 0 Å². The highest BCUT2D eigenvalue weighted by Gasteiger charge is 2.29. The Bertz CT molecular complexity index is 1500. The summed E-state index contributed by atoms with van der Waals surface area (Å²) < 4.78 is 76.4. The number of sulfone groups is 1.